The molecule has 1 saturated heterocycles. The molecule has 1 N–H and O–H groups in total. The van der Waals surface area contributed by atoms with Crippen molar-refractivity contribution < 1.29 is 14.5 Å². The predicted molar refractivity (Wildman–Crippen MR) is 154 cm³/mol. The average molecular weight is 577 g/mol. The van der Waals surface area contributed by atoms with E-state index < -0.39 is 33.6 Å². The molecule has 1 aliphatic rings. The predicted octanol–water partition coefficient (Wildman–Crippen LogP) is 2.24. The van der Waals surface area contributed by atoms with Crippen LogP contribution < -0.4 is 21.5 Å². The largest absolute Gasteiger partial charge is 0.444 e. The molecule has 1 atom stereocenters. The first-order chi connectivity index (χ1) is 19.8. The third kappa shape index (κ3) is 6.12. The van der Waals surface area contributed by atoms with Crippen molar-refractivity contribution in [2.75, 3.05) is 18.0 Å². The highest BCUT2D eigenvalue weighted by Crippen LogP contribution is 2.24. The molecule has 14 heteroatoms. The first-order valence-corrected chi connectivity index (χ1v) is 13.4. The number of nitrogens with zero attached hydrogens (tertiary/aromatic N) is 7. The third-order valence-electron chi connectivity index (χ3n) is 6.77. The number of carbonyl (C=O) groups excluding carboxylic acids is 1. The van der Waals surface area contributed by atoms with Crippen LogP contribution in [0.15, 0.2) is 27.8 Å². The van der Waals surface area contributed by atoms with Gasteiger partial charge in [-0.3, -0.25) is 28.6 Å². The van der Waals surface area contributed by atoms with Gasteiger partial charge >= 0.3 is 11.8 Å². The molecule has 4 rings (SSSR count). The van der Waals surface area contributed by atoms with E-state index in [1.54, 1.807) is 38.3 Å². The quantitative estimate of drug-likeness (QED) is 0.263. The van der Waals surface area contributed by atoms with Gasteiger partial charge < -0.3 is 15.0 Å². The second-order valence-corrected chi connectivity index (χ2v) is 11.0. The second kappa shape index (κ2) is 11.8. The summed E-state index contributed by atoms with van der Waals surface area (Å²) in [6, 6.07) is 5.49. The normalized spacial score (nSPS) is 15.0. The number of carbonyl (C=O) groups is 1. The zero-order chi connectivity index (χ0) is 30.8. The zero-order valence-corrected chi connectivity index (χ0v) is 24.1. The maximum absolute atomic E-state index is 13.8. The third-order valence-corrected chi connectivity index (χ3v) is 6.77. The van der Waals surface area contributed by atoms with E-state index in [9.17, 15) is 29.8 Å². The van der Waals surface area contributed by atoms with E-state index in [0.29, 0.717) is 24.6 Å². The van der Waals surface area contributed by atoms with Crippen molar-refractivity contribution in [1.29, 1.82) is 5.26 Å². The monoisotopic (exact) mass is 576 g/mol. The number of rotatable bonds is 6. The summed E-state index contributed by atoms with van der Waals surface area (Å²) < 4.78 is 9.30. The van der Waals surface area contributed by atoms with Crippen LogP contribution in [-0.4, -0.2) is 54.4 Å². The first-order valence-electron chi connectivity index (χ1n) is 13.4. The van der Waals surface area contributed by atoms with Gasteiger partial charge in [-0.25, -0.2) is 9.59 Å². The maximum atomic E-state index is 13.8. The summed E-state index contributed by atoms with van der Waals surface area (Å²) in [5, 5.41) is 23.5. The van der Waals surface area contributed by atoms with E-state index in [-0.39, 0.29) is 35.9 Å². The number of fused-ring (bicyclic) bond motifs is 1. The molecular formula is C28H32N8O6. The highest BCUT2D eigenvalue weighted by molar-refractivity contribution is 5.75. The minimum atomic E-state index is -0.680. The molecule has 1 amide bonds. The molecule has 3 heterocycles. The van der Waals surface area contributed by atoms with E-state index >= 15 is 0 Å². The van der Waals surface area contributed by atoms with Gasteiger partial charge in [0.15, 0.2) is 11.2 Å². The minimum absolute atomic E-state index is 0.124. The van der Waals surface area contributed by atoms with Crippen LogP contribution in [0.3, 0.4) is 0 Å². The number of hydrogen-bond acceptors (Lipinski definition) is 9. The molecule has 0 bridgehead atoms. The fourth-order valence-corrected chi connectivity index (χ4v) is 4.90. The fraction of sp³-hybridized carbons (Fsp3) is 0.464. The Balaban J connectivity index is 1.77. The lowest BCUT2D eigenvalue weighted by atomic mass is 10.1. The van der Waals surface area contributed by atoms with Crippen molar-refractivity contribution >= 4 is 28.9 Å². The van der Waals surface area contributed by atoms with Gasteiger partial charge in [-0.1, -0.05) is 12.0 Å². The summed E-state index contributed by atoms with van der Waals surface area (Å²) in [7, 11) is 1.50. The van der Waals surface area contributed by atoms with Crippen LogP contribution in [0.25, 0.3) is 11.2 Å². The SMILES string of the molecule is CC#CCn1c(N2CCC[C@@H](NC(=O)OC(C)(C)C)C2)nc2c1c(=O)n(Cc1ccc(C#N)c([N+](=O)[O-])c1)c(=O)n2C. The Morgan fingerprint density at radius 1 is 1.29 bits per heavy atom. The summed E-state index contributed by atoms with van der Waals surface area (Å²) in [6.45, 7) is 7.92. The number of aryl methyl sites for hydroxylation is 1. The van der Waals surface area contributed by atoms with Crippen molar-refractivity contribution in [1.82, 2.24) is 24.0 Å². The number of ether oxygens (including phenoxy) is 1. The van der Waals surface area contributed by atoms with E-state index in [1.807, 2.05) is 4.90 Å². The average Bonchev–Trinajstić information content (AvgIpc) is 3.31. The Morgan fingerprint density at radius 2 is 2.02 bits per heavy atom. The molecule has 0 spiro atoms. The fourth-order valence-electron chi connectivity index (χ4n) is 4.90. The summed E-state index contributed by atoms with van der Waals surface area (Å²) in [6.07, 6.45) is 0.948. The number of alkyl carbamates (subject to hydrolysis) is 1. The van der Waals surface area contributed by atoms with Crippen LogP contribution >= 0.6 is 0 Å². The smallest absolute Gasteiger partial charge is 0.407 e. The van der Waals surface area contributed by atoms with Gasteiger partial charge in [-0.2, -0.15) is 10.2 Å². The van der Waals surface area contributed by atoms with Gasteiger partial charge in [0, 0.05) is 32.2 Å². The number of piperidine rings is 1. The van der Waals surface area contributed by atoms with Gasteiger partial charge in [0.25, 0.3) is 11.2 Å². The number of nitro benzene ring substituents is 1. The van der Waals surface area contributed by atoms with Gasteiger partial charge in [-0.05, 0) is 52.2 Å². The highest BCUT2D eigenvalue weighted by Gasteiger charge is 2.29. The topological polar surface area (TPSA) is 170 Å². The Labute approximate surface area is 241 Å². The Kier molecular flexibility index (Phi) is 8.38. The number of amides is 1. The van der Waals surface area contributed by atoms with Gasteiger partial charge in [0.2, 0.25) is 5.95 Å². The van der Waals surface area contributed by atoms with Gasteiger partial charge in [-0.15, -0.1) is 5.92 Å². The maximum Gasteiger partial charge on any atom is 0.407 e. The van der Waals surface area contributed by atoms with Crippen LogP contribution in [0.1, 0.15) is 51.7 Å². The van der Waals surface area contributed by atoms with E-state index in [0.717, 1.165) is 17.4 Å². The number of nitro groups is 1. The number of hydrogen-bond donors (Lipinski definition) is 1. The summed E-state index contributed by atoms with van der Waals surface area (Å²) in [5.74, 6) is 6.23. The van der Waals surface area contributed by atoms with Crippen LogP contribution in [0.2, 0.25) is 0 Å². The van der Waals surface area contributed by atoms with E-state index in [2.05, 4.69) is 17.2 Å². The summed E-state index contributed by atoms with van der Waals surface area (Å²) >= 11 is 0. The lowest BCUT2D eigenvalue weighted by Crippen LogP contribution is -2.49. The van der Waals surface area contributed by atoms with Crippen molar-refractivity contribution in [3.63, 3.8) is 0 Å². The summed E-state index contributed by atoms with van der Waals surface area (Å²) in [4.78, 5) is 57.0. The molecule has 2 aromatic heterocycles. The molecule has 1 aromatic carbocycles. The number of aromatic nitrogens is 4. The van der Waals surface area contributed by atoms with Gasteiger partial charge in [0.1, 0.15) is 17.2 Å². The number of anilines is 1. The Morgan fingerprint density at radius 3 is 2.67 bits per heavy atom. The number of nitrogens with one attached hydrogen (secondary N) is 1. The van der Waals surface area contributed by atoms with Crippen molar-refractivity contribution in [2.45, 2.75) is 65.3 Å². The molecule has 0 unspecified atom stereocenters. The number of nitriles is 1. The standard InChI is InChI=1S/C28H32N8O6/c1-6-7-13-34-22-23(31-25(34)33-12-8-9-20(17-33)30-26(38)42-28(2,3)4)32(5)27(39)35(24(22)37)16-18-10-11-19(15-29)21(14-18)36(40)41/h10-11,14,20H,8-9,12-13,16-17H2,1-5H3,(H,30,38)/t20-/m1/s1. The van der Waals surface area contributed by atoms with Crippen LogP contribution in [-0.2, 0) is 24.9 Å². The molecule has 0 aliphatic carbocycles. The molecule has 1 fully saturated rings. The highest BCUT2D eigenvalue weighted by atomic mass is 16.6. The molecular weight excluding hydrogens is 544 g/mol. The van der Waals surface area contributed by atoms with Crippen molar-refractivity contribution in [2.24, 2.45) is 7.05 Å². The first kappa shape index (κ1) is 29.9. The summed E-state index contributed by atoms with van der Waals surface area (Å²) in [5.41, 5.74) is -1.82. The lowest BCUT2D eigenvalue weighted by Gasteiger charge is -2.34. The molecule has 3 aromatic rings. The molecule has 1 aliphatic heterocycles. The van der Waals surface area contributed by atoms with Crippen LogP contribution in [0, 0.1) is 33.3 Å². The number of imidazole rings is 1. The molecule has 220 valence electrons. The van der Waals surface area contributed by atoms with Crippen LogP contribution in [0.4, 0.5) is 16.4 Å². The lowest BCUT2D eigenvalue weighted by molar-refractivity contribution is -0.385. The second-order valence-electron chi connectivity index (χ2n) is 11.0. The van der Waals surface area contributed by atoms with Gasteiger partial charge in [0.05, 0.1) is 18.0 Å². The van der Waals surface area contributed by atoms with Crippen LogP contribution in [0.5, 0.6) is 0 Å². The number of benzene rings is 1. The minimum Gasteiger partial charge on any atom is -0.444 e. The molecule has 0 saturated carbocycles. The van der Waals surface area contributed by atoms with E-state index in [1.165, 1.54) is 29.8 Å². The van der Waals surface area contributed by atoms with E-state index in [4.69, 9.17) is 9.72 Å². The van der Waals surface area contributed by atoms with Crippen molar-refractivity contribution in [3.8, 4) is 17.9 Å². The van der Waals surface area contributed by atoms with Crippen molar-refractivity contribution in [3.05, 3.63) is 60.3 Å². The Bertz CT molecular complexity index is 1780. The molecule has 42 heavy (non-hydrogen) atoms. The zero-order valence-electron chi connectivity index (χ0n) is 24.1. The molecule has 0 radical (unpaired) electrons. The molecule has 14 nitrogen and oxygen atoms in total. The Hall–Kier alpha value is -5.11.